The van der Waals surface area contributed by atoms with Crippen molar-refractivity contribution in [3.8, 4) is 11.8 Å². The average molecular weight is 257 g/mol. The lowest BCUT2D eigenvalue weighted by Crippen LogP contribution is -2.19. The van der Waals surface area contributed by atoms with E-state index in [1.54, 1.807) is 6.92 Å². The molecular formula is C11H15NO4S. The molecule has 0 saturated carbocycles. The molecule has 0 atom stereocenters. The summed E-state index contributed by atoms with van der Waals surface area (Å²) in [4.78, 5) is 5.10. The van der Waals surface area contributed by atoms with Crippen LogP contribution in [0.3, 0.4) is 0 Å². The van der Waals surface area contributed by atoms with E-state index in [4.69, 9.17) is 21.8 Å². The molecule has 2 rings (SSSR count). The molecule has 1 heterocycles. The number of thiocarbonyl (C=S) groups is 1. The molecule has 0 amide bonds. The maximum atomic E-state index is 9.94. The Morgan fingerprint density at radius 2 is 1.76 bits per heavy atom. The molecule has 0 radical (unpaired) electrons. The Balaban J connectivity index is 2.28. The molecule has 0 aliphatic heterocycles. The zero-order chi connectivity index (χ0) is 12.4. The van der Waals surface area contributed by atoms with Crippen LogP contribution >= 0.6 is 12.2 Å². The van der Waals surface area contributed by atoms with Gasteiger partial charge in [0.15, 0.2) is 0 Å². The fraction of sp³-hybridized carbons (Fsp3) is 0.545. The summed E-state index contributed by atoms with van der Waals surface area (Å²) in [6, 6.07) is 0. The third-order valence-corrected chi connectivity index (χ3v) is 3.01. The van der Waals surface area contributed by atoms with Crippen molar-refractivity contribution in [3.63, 3.8) is 0 Å². The second-order valence-corrected chi connectivity index (χ2v) is 4.21. The van der Waals surface area contributed by atoms with E-state index in [0.29, 0.717) is 6.61 Å². The Morgan fingerprint density at radius 1 is 1.24 bits per heavy atom. The van der Waals surface area contributed by atoms with E-state index in [1.807, 2.05) is 0 Å². The highest BCUT2D eigenvalue weighted by molar-refractivity contribution is 7.79. The zero-order valence-electron chi connectivity index (χ0n) is 9.60. The lowest BCUT2D eigenvalue weighted by atomic mass is 9.95. The van der Waals surface area contributed by atoms with Gasteiger partial charge in [0.05, 0.1) is 6.61 Å². The summed E-state index contributed by atoms with van der Waals surface area (Å²) in [6.07, 6.45) is 3.48. The fourth-order valence-electron chi connectivity index (χ4n) is 2.05. The van der Waals surface area contributed by atoms with E-state index in [9.17, 15) is 10.2 Å². The van der Waals surface area contributed by atoms with Gasteiger partial charge in [0.2, 0.25) is 11.8 Å². The van der Waals surface area contributed by atoms with Crippen molar-refractivity contribution in [3.05, 3.63) is 11.1 Å². The van der Waals surface area contributed by atoms with Crippen LogP contribution in [0.15, 0.2) is 0 Å². The average Bonchev–Trinajstić information content (AvgIpc) is 2.56. The fourth-order valence-corrected chi connectivity index (χ4v) is 2.24. The second kappa shape index (κ2) is 4.83. The Labute approximate surface area is 105 Å². The first-order chi connectivity index (χ1) is 8.15. The van der Waals surface area contributed by atoms with Gasteiger partial charge in [-0.05, 0) is 32.6 Å². The third kappa shape index (κ3) is 2.17. The number of fused-ring (bicyclic) bond motifs is 1. The molecule has 2 N–H and O–H groups in total. The predicted octanol–water partition coefficient (Wildman–Crippen LogP) is 1.53. The Morgan fingerprint density at radius 3 is 2.24 bits per heavy atom. The SMILES string of the molecule is CCOC(=S)On1c(O)c2c(c1O)CCCC2. The summed E-state index contributed by atoms with van der Waals surface area (Å²) in [5, 5.41) is 19.8. The first-order valence-electron chi connectivity index (χ1n) is 5.64. The minimum absolute atomic E-state index is 0.0840. The molecular weight excluding hydrogens is 242 g/mol. The Kier molecular flexibility index (Phi) is 3.42. The van der Waals surface area contributed by atoms with Gasteiger partial charge in [-0.3, -0.25) is 0 Å². The van der Waals surface area contributed by atoms with Crippen molar-refractivity contribution < 1.29 is 19.8 Å². The highest BCUT2D eigenvalue weighted by Gasteiger charge is 2.26. The number of rotatable bonds is 2. The van der Waals surface area contributed by atoms with E-state index < -0.39 is 0 Å². The van der Waals surface area contributed by atoms with Gasteiger partial charge in [-0.15, -0.1) is 4.73 Å². The van der Waals surface area contributed by atoms with Crippen LogP contribution in [0, 0.1) is 0 Å². The number of aromatic hydroxyl groups is 2. The molecule has 0 fully saturated rings. The number of nitrogens with zero attached hydrogens (tertiary/aromatic N) is 1. The molecule has 94 valence electrons. The van der Waals surface area contributed by atoms with E-state index in [1.165, 1.54) is 0 Å². The highest BCUT2D eigenvalue weighted by atomic mass is 32.1. The normalized spacial score (nSPS) is 14.2. The van der Waals surface area contributed by atoms with E-state index in [2.05, 4.69) is 0 Å². The van der Waals surface area contributed by atoms with E-state index in [-0.39, 0.29) is 17.0 Å². The van der Waals surface area contributed by atoms with E-state index in [0.717, 1.165) is 41.5 Å². The molecule has 5 nitrogen and oxygen atoms in total. The lowest BCUT2D eigenvalue weighted by Gasteiger charge is -2.09. The predicted molar refractivity (Wildman–Crippen MR) is 65.2 cm³/mol. The molecule has 1 aromatic heterocycles. The van der Waals surface area contributed by atoms with Gasteiger partial charge in [-0.1, -0.05) is 0 Å². The summed E-state index contributed by atoms with van der Waals surface area (Å²) in [5.74, 6) is -0.168. The van der Waals surface area contributed by atoms with Gasteiger partial charge < -0.3 is 19.8 Å². The number of aromatic nitrogens is 1. The van der Waals surface area contributed by atoms with Crippen LogP contribution in [0.2, 0.25) is 0 Å². The quantitative estimate of drug-likeness (QED) is 0.787. The van der Waals surface area contributed by atoms with Crippen molar-refractivity contribution in [1.82, 2.24) is 4.73 Å². The Bertz CT molecular complexity index is 412. The van der Waals surface area contributed by atoms with Crippen LogP contribution in [0.1, 0.15) is 30.9 Å². The molecule has 1 aliphatic carbocycles. The first-order valence-corrected chi connectivity index (χ1v) is 6.05. The van der Waals surface area contributed by atoms with Gasteiger partial charge in [0.1, 0.15) is 0 Å². The van der Waals surface area contributed by atoms with Gasteiger partial charge in [-0.25, -0.2) is 0 Å². The van der Waals surface area contributed by atoms with Gasteiger partial charge in [-0.2, -0.15) is 0 Å². The largest absolute Gasteiger partial charge is 0.492 e. The Hall–Kier alpha value is -1.43. The molecule has 17 heavy (non-hydrogen) atoms. The summed E-state index contributed by atoms with van der Waals surface area (Å²) < 4.78 is 5.89. The van der Waals surface area contributed by atoms with Crippen molar-refractivity contribution in [2.24, 2.45) is 0 Å². The topological polar surface area (TPSA) is 63.9 Å². The van der Waals surface area contributed by atoms with Crippen LogP contribution < -0.4 is 4.84 Å². The van der Waals surface area contributed by atoms with Crippen molar-refractivity contribution in [2.45, 2.75) is 32.6 Å². The van der Waals surface area contributed by atoms with Crippen LogP contribution in [0.25, 0.3) is 0 Å². The molecule has 6 heteroatoms. The molecule has 1 aromatic rings. The standard InChI is InChI=1S/C11H15NO4S/c1-2-15-11(17)16-12-9(13)7-5-3-4-6-8(7)10(12)14/h13-14H,2-6H2,1H3. The number of ether oxygens (including phenoxy) is 1. The van der Waals surface area contributed by atoms with Gasteiger partial charge in [0.25, 0.3) is 0 Å². The van der Waals surface area contributed by atoms with E-state index >= 15 is 0 Å². The van der Waals surface area contributed by atoms with Crippen molar-refractivity contribution in [1.29, 1.82) is 0 Å². The summed E-state index contributed by atoms with van der Waals surface area (Å²) in [7, 11) is 0. The monoisotopic (exact) mass is 257 g/mol. The van der Waals surface area contributed by atoms with Crippen molar-refractivity contribution >= 4 is 17.5 Å². The van der Waals surface area contributed by atoms with Crippen LogP contribution in [-0.4, -0.2) is 26.8 Å². The zero-order valence-corrected chi connectivity index (χ0v) is 10.4. The molecule has 0 saturated heterocycles. The van der Waals surface area contributed by atoms with Gasteiger partial charge >= 0.3 is 5.24 Å². The highest BCUT2D eigenvalue weighted by Crippen LogP contribution is 2.37. The molecule has 0 unspecified atom stereocenters. The molecule has 0 aromatic carbocycles. The second-order valence-electron chi connectivity index (χ2n) is 3.88. The summed E-state index contributed by atoms with van der Waals surface area (Å²) >= 11 is 4.81. The molecule has 0 bridgehead atoms. The van der Waals surface area contributed by atoms with Crippen LogP contribution in [0.5, 0.6) is 11.8 Å². The third-order valence-electron chi connectivity index (χ3n) is 2.82. The first kappa shape index (κ1) is 12.0. The molecule has 1 aliphatic rings. The minimum atomic E-state index is -0.120. The number of hydrogen-bond donors (Lipinski definition) is 2. The summed E-state index contributed by atoms with van der Waals surface area (Å²) in [5.41, 5.74) is 1.49. The smallest absolute Gasteiger partial charge is 0.378 e. The maximum Gasteiger partial charge on any atom is 0.378 e. The summed E-state index contributed by atoms with van der Waals surface area (Å²) in [6.45, 7) is 2.15. The van der Waals surface area contributed by atoms with Crippen molar-refractivity contribution in [2.75, 3.05) is 6.61 Å². The van der Waals surface area contributed by atoms with Crippen LogP contribution in [0.4, 0.5) is 0 Å². The number of hydrogen-bond acceptors (Lipinski definition) is 5. The lowest BCUT2D eigenvalue weighted by molar-refractivity contribution is 0.131. The maximum absolute atomic E-state index is 9.94. The minimum Gasteiger partial charge on any atom is -0.492 e. The van der Waals surface area contributed by atoms with Gasteiger partial charge in [0, 0.05) is 23.3 Å². The molecule has 0 spiro atoms. The van der Waals surface area contributed by atoms with Crippen LogP contribution in [-0.2, 0) is 17.6 Å².